The minimum atomic E-state index is 0.317. The van der Waals surface area contributed by atoms with Gasteiger partial charge in [0.15, 0.2) is 0 Å². The molecule has 0 aliphatic heterocycles. The van der Waals surface area contributed by atoms with E-state index in [4.69, 9.17) is 16.7 Å². The Hall–Kier alpha value is -0.690. The number of hydrogen-bond acceptors (Lipinski definition) is 1. The summed E-state index contributed by atoms with van der Waals surface area (Å²) in [6, 6.07) is 7.27. The molecule has 1 rings (SSSR count). The Morgan fingerprint density at radius 1 is 1.33 bits per heavy atom. The van der Waals surface area contributed by atoms with Crippen LogP contribution >= 0.6 is 11.6 Å². The summed E-state index contributed by atoms with van der Waals surface area (Å²) >= 11 is 5.68. The normalized spacial score (nSPS) is 12.8. The SMILES string of the molecule is CC(CCl)Cc1ccc(O)cc1. The number of phenols is 1. The Morgan fingerprint density at radius 2 is 1.92 bits per heavy atom. The average Bonchev–Trinajstić information content (AvgIpc) is 2.09. The van der Waals surface area contributed by atoms with E-state index in [1.807, 2.05) is 12.1 Å². The number of halogens is 1. The van der Waals surface area contributed by atoms with Crippen LogP contribution in [0.2, 0.25) is 0 Å². The van der Waals surface area contributed by atoms with Crippen molar-refractivity contribution in [3.8, 4) is 5.75 Å². The fourth-order valence-electron chi connectivity index (χ4n) is 1.09. The summed E-state index contributed by atoms with van der Waals surface area (Å²) in [6.07, 6.45) is 0.976. The van der Waals surface area contributed by atoms with Crippen molar-refractivity contribution < 1.29 is 5.11 Å². The third kappa shape index (κ3) is 2.74. The van der Waals surface area contributed by atoms with Crippen molar-refractivity contribution in [1.29, 1.82) is 0 Å². The van der Waals surface area contributed by atoms with Gasteiger partial charge in [0.25, 0.3) is 0 Å². The summed E-state index contributed by atoms with van der Waals surface area (Å²) in [5.41, 5.74) is 1.22. The molecule has 0 aliphatic rings. The summed E-state index contributed by atoms with van der Waals surface area (Å²) in [7, 11) is 0. The van der Waals surface area contributed by atoms with Crippen LogP contribution in [0, 0.1) is 5.92 Å². The summed E-state index contributed by atoms with van der Waals surface area (Å²) in [5, 5.41) is 9.02. The summed E-state index contributed by atoms with van der Waals surface area (Å²) < 4.78 is 0. The van der Waals surface area contributed by atoms with Crippen molar-refractivity contribution in [3.63, 3.8) is 0 Å². The minimum Gasteiger partial charge on any atom is -0.508 e. The van der Waals surface area contributed by atoms with Crippen molar-refractivity contribution in [1.82, 2.24) is 0 Å². The molecule has 0 fully saturated rings. The zero-order valence-electron chi connectivity index (χ0n) is 7.13. The van der Waals surface area contributed by atoms with Gasteiger partial charge in [-0.05, 0) is 30.0 Å². The summed E-state index contributed by atoms with van der Waals surface area (Å²) in [5.74, 6) is 1.49. The molecule has 0 heterocycles. The Bertz CT molecular complexity index is 230. The van der Waals surface area contributed by atoms with E-state index in [0.29, 0.717) is 17.5 Å². The van der Waals surface area contributed by atoms with Gasteiger partial charge in [-0.2, -0.15) is 0 Å². The van der Waals surface area contributed by atoms with Gasteiger partial charge in [0.2, 0.25) is 0 Å². The highest BCUT2D eigenvalue weighted by molar-refractivity contribution is 6.18. The smallest absolute Gasteiger partial charge is 0.115 e. The molecule has 1 atom stereocenters. The van der Waals surface area contributed by atoms with E-state index < -0.39 is 0 Å². The number of benzene rings is 1. The standard InChI is InChI=1S/C10H13ClO/c1-8(7-11)6-9-2-4-10(12)5-3-9/h2-5,8,12H,6-7H2,1H3. The highest BCUT2D eigenvalue weighted by Gasteiger charge is 2.01. The molecule has 0 bridgehead atoms. The molecule has 0 radical (unpaired) electrons. The maximum absolute atomic E-state index is 9.02. The van der Waals surface area contributed by atoms with E-state index in [1.165, 1.54) is 5.56 Å². The first kappa shape index (κ1) is 9.40. The first-order valence-corrected chi connectivity index (χ1v) is 4.59. The minimum absolute atomic E-state index is 0.317. The molecular formula is C10H13ClO. The summed E-state index contributed by atoms with van der Waals surface area (Å²) in [6.45, 7) is 2.11. The zero-order chi connectivity index (χ0) is 8.97. The van der Waals surface area contributed by atoms with Gasteiger partial charge in [-0.15, -0.1) is 11.6 Å². The number of rotatable bonds is 3. The molecule has 0 saturated carbocycles. The van der Waals surface area contributed by atoms with Crippen LogP contribution in [0.3, 0.4) is 0 Å². The molecule has 2 heteroatoms. The van der Waals surface area contributed by atoms with Crippen LogP contribution in [0.4, 0.5) is 0 Å². The van der Waals surface area contributed by atoms with E-state index in [-0.39, 0.29) is 0 Å². The fourth-order valence-corrected chi connectivity index (χ4v) is 1.20. The second-order valence-corrected chi connectivity index (χ2v) is 3.44. The predicted octanol–water partition coefficient (Wildman–Crippen LogP) is 2.81. The quantitative estimate of drug-likeness (QED) is 0.717. The number of hydrogen-bond donors (Lipinski definition) is 1. The Labute approximate surface area is 78.0 Å². The maximum atomic E-state index is 9.02. The number of aromatic hydroxyl groups is 1. The highest BCUT2D eigenvalue weighted by atomic mass is 35.5. The van der Waals surface area contributed by atoms with E-state index in [9.17, 15) is 0 Å². The molecule has 12 heavy (non-hydrogen) atoms. The molecule has 0 aliphatic carbocycles. The van der Waals surface area contributed by atoms with Gasteiger partial charge in [-0.1, -0.05) is 19.1 Å². The largest absolute Gasteiger partial charge is 0.508 e. The second-order valence-electron chi connectivity index (χ2n) is 3.13. The first-order chi connectivity index (χ1) is 5.72. The van der Waals surface area contributed by atoms with Gasteiger partial charge in [0.05, 0.1) is 0 Å². The molecule has 0 aromatic heterocycles. The van der Waals surface area contributed by atoms with Gasteiger partial charge in [-0.3, -0.25) is 0 Å². The lowest BCUT2D eigenvalue weighted by atomic mass is 10.0. The third-order valence-corrected chi connectivity index (χ3v) is 2.31. The van der Waals surface area contributed by atoms with Gasteiger partial charge in [0, 0.05) is 5.88 Å². The summed E-state index contributed by atoms with van der Waals surface area (Å²) in [4.78, 5) is 0. The van der Waals surface area contributed by atoms with Crippen LogP contribution in [0.15, 0.2) is 24.3 Å². The van der Waals surface area contributed by atoms with Crippen molar-refractivity contribution in [2.45, 2.75) is 13.3 Å². The molecular weight excluding hydrogens is 172 g/mol. The lowest BCUT2D eigenvalue weighted by Crippen LogP contribution is -2.00. The lowest BCUT2D eigenvalue weighted by molar-refractivity contribution is 0.475. The molecule has 1 aromatic rings. The van der Waals surface area contributed by atoms with Crippen LogP contribution < -0.4 is 0 Å². The van der Waals surface area contributed by atoms with Gasteiger partial charge in [0.1, 0.15) is 5.75 Å². The van der Waals surface area contributed by atoms with E-state index >= 15 is 0 Å². The van der Waals surface area contributed by atoms with Crippen molar-refractivity contribution in [2.75, 3.05) is 5.88 Å². The predicted molar refractivity (Wildman–Crippen MR) is 51.7 cm³/mol. The number of phenolic OH excluding ortho intramolecular Hbond substituents is 1. The van der Waals surface area contributed by atoms with Crippen LogP contribution in [-0.4, -0.2) is 11.0 Å². The molecule has 1 unspecified atom stereocenters. The molecule has 1 aromatic carbocycles. The Balaban J connectivity index is 2.58. The monoisotopic (exact) mass is 184 g/mol. The first-order valence-electron chi connectivity index (χ1n) is 4.06. The van der Waals surface area contributed by atoms with Crippen molar-refractivity contribution in [3.05, 3.63) is 29.8 Å². The van der Waals surface area contributed by atoms with E-state index in [1.54, 1.807) is 12.1 Å². The van der Waals surface area contributed by atoms with Crippen LogP contribution in [-0.2, 0) is 6.42 Å². The van der Waals surface area contributed by atoms with Crippen molar-refractivity contribution >= 4 is 11.6 Å². The molecule has 1 N–H and O–H groups in total. The molecule has 66 valence electrons. The van der Waals surface area contributed by atoms with E-state index in [0.717, 1.165) is 6.42 Å². The average molecular weight is 185 g/mol. The Kier molecular flexibility index (Phi) is 3.42. The fraction of sp³-hybridized carbons (Fsp3) is 0.400. The third-order valence-electron chi connectivity index (χ3n) is 1.78. The maximum Gasteiger partial charge on any atom is 0.115 e. The molecule has 0 spiro atoms. The Morgan fingerprint density at radius 3 is 2.42 bits per heavy atom. The zero-order valence-corrected chi connectivity index (χ0v) is 7.88. The van der Waals surface area contributed by atoms with Crippen LogP contribution in [0.25, 0.3) is 0 Å². The number of alkyl halides is 1. The lowest BCUT2D eigenvalue weighted by Gasteiger charge is -2.06. The van der Waals surface area contributed by atoms with E-state index in [2.05, 4.69) is 6.92 Å². The highest BCUT2D eigenvalue weighted by Crippen LogP contribution is 2.13. The topological polar surface area (TPSA) is 20.2 Å². The van der Waals surface area contributed by atoms with Gasteiger partial charge in [-0.25, -0.2) is 0 Å². The van der Waals surface area contributed by atoms with Crippen LogP contribution in [0.1, 0.15) is 12.5 Å². The molecule has 0 saturated heterocycles. The van der Waals surface area contributed by atoms with Crippen molar-refractivity contribution in [2.24, 2.45) is 5.92 Å². The van der Waals surface area contributed by atoms with Gasteiger partial charge >= 0.3 is 0 Å². The second kappa shape index (κ2) is 4.36. The molecule has 0 amide bonds. The van der Waals surface area contributed by atoms with Gasteiger partial charge < -0.3 is 5.11 Å². The molecule has 1 nitrogen and oxygen atoms in total. The van der Waals surface area contributed by atoms with Crippen LogP contribution in [0.5, 0.6) is 5.75 Å².